The quantitative estimate of drug-likeness (QED) is 0.354. The normalized spacial score (nSPS) is 13.1. The maximum atomic E-state index is 13.4. The maximum Gasteiger partial charge on any atom is 0.408 e. The van der Waals surface area contributed by atoms with Crippen LogP contribution in [-0.2, 0) is 14.3 Å². The Morgan fingerprint density at radius 1 is 1.10 bits per heavy atom. The molecule has 0 fully saturated rings. The average Bonchev–Trinajstić information content (AvgIpc) is 2.71. The molecule has 31 heavy (non-hydrogen) atoms. The molecule has 0 aliphatic rings. The van der Waals surface area contributed by atoms with Crippen LogP contribution in [0.3, 0.4) is 0 Å². The number of benzene rings is 1. The van der Waals surface area contributed by atoms with E-state index in [0.29, 0.717) is 25.1 Å². The fourth-order valence-corrected chi connectivity index (χ4v) is 3.28. The largest absolute Gasteiger partial charge is 0.444 e. The number of nitrogens with one attached hydrogen (secondary N) is 2. The lowest BCUT2D eigenvalue weighted by Gasteiger charge is -2.34. The van der Waals surface area contributed by atoms with E-state index < -0.39 is 23.8 Å². The Kier molecular flexibility index (Phi) is 11.5. The van der Waals surface area contributed by atoms with Gasteiger partial charge in [-0.1, -0.05) is 50.6 Å². The first-order valence-corrected chi connectivity index (χ1v) is 11.5. The van der Waals surface area contributed by atoms with Gasteiger partial charge in [0.05, 0.1) is 0 Å². The lowest BCUT2D eigenvalue weighted by Crippen LogP contribution is -2.54. The molecule has 7 nitrogen and oxygen atoms in total. The van der Waals surface area contributed by atoms with Gasteiger partial charge in [0.1, 0.15) is 17.7 Å². The first-order valence-electron chi connectivity index (χ1n) is 10.9. The fraction of sp³-hybridized carbons (Fsp3) is 0.609. The molecule has 0 heterocycles. The second-order valence-electron chi connectivity index (χ2n) is 8.37. The monoisotopic (exact) mass is 451 g/mol. The van der Waals surface area contributed by atoms with Crippen LogP contribution in [-0.4, -0.2) is 53.3 Å². The molecule has 0 radical (unpaired) electrons. The number of alkyl carbamates (subject to hydrolysis) is 1. The molecule has 1 aromatic rings. The van der Waals surface area contributed by atoms with Crippen molar-refractivity contribution in [2.75, 3.05) is 18.8 Å². The number of thiol groups is 1. The molecule has 0 saturated heterocycles. The Morgan fingerprint density at radius 3 is 2.26 bits per heavy atom. The first kappa shape index (κ1) is 26.8. The molecule has 0 spiro atoms. The third-order valence-corrected chi connectivity index (χ3v) is 4.79. The zero-order valence-electron chi connectivity index (χ0n) is 19.3. The van der Waals surface area contributed by atoms with Gasteiger partial charge in [0.15, 0.2) is 0 Å². The molecule has 0 saturated carbocycles. The number of ether oxygens (including phenoxy) is 1. The fourth-order valence-electron chi connectivity index (χ4n) is 3.04. The van der Waals surface area contributed by atoms with Gasteiger partial charge in [-0.3, -0.25) is 9.59 Å². The van der Waals surface area contributed by atoms with E-state index in [1.807, 2.05) is 44.2 Å². The zero-order valence-corrected chi connectivity index (χ0v) is 20.2. The highest BCUT2D eigenvalue weighted by Gasteiger charge is 2.35. The molecule has 2 N–H and O–H groups in total. The summed E-state index contributed by atoms with van der Waals surface area (Å²) in [5, 5.41) is 5.54. The summed E-state index contributed by atoms with van der Waals surface area (Å²) in [5.74, 6) is -0.532. The van der Waals surface area contributed by atoms with Gasteiger partial charge in [0.2, 0.25) is 11.8 Å². The Labute approximate surface area is 191 Å². The molecule has 0 aliphatic carbocycles. The van der Waals surface area contributed by atoms with E-state index in [9.17, 15) is 14.4 Å². The molecule has 3 amide bonds. The van der Waals surface area contributed by atoms with Crippen molar-refractivity contribution in [2.24, 2.45) is 0 Å². The van der Waals surface area contributed by atoms with E-state index in [2.05, 4.69) is 23.3 Å². The highest BCUT2D eigenvalue weighted by Crippen LogP contribution is 2.23. The Balaban J connectivity index is 3.18. The first-order chi connectivity index (χ1) is 14.6. The molecule has 0 aromatic heterocycles. The SMILES string of the molecule is CCCCNC(=O)C(c1ccccc1)N(CCC)C(=O)C(CS)NC(=O)OC(C)(C)C. The van der Waals surface area contributed by atoms with Crippen LogP contribution in [0.15, 0.2) is 30.3 Å². The van der Waals surface area contributed by atoms with Crippen molar-refractivity contribution >= 4 is 30.5 Å². The summed E-state index contributed by atoms with van der Waals surface area (Å²) >= 11 is 4.26. The van der Waals surface area contributed by atoms with Gasteiger partial charge in [-0.05, 0) is 39.2 Å². The van der Waals surface area contributed by atoms with Crippen LogP contribution in [0, 0.1) is 0 Å². The van der Waals surface area contributed by atoms with E-state index in [4.69, 9.17) is 4.74 Å². The van der Waals surface area contributed by atoms with Crippen LogP contribution in [0.4, 0.5) is 4.79 Å². The molecular formula is C23H37N3O4S. The number of hydrogen-bond donors (Lipinski definition) is 3. The second-order valence-corrected chi connectivity index (χ2v) is 8.74. The maximum absolute atomic E-state index is 13.4. The van der Waals surface area contributed by atoms with Gasteiger partial charge in [-0.15, -0.1) is 0 Å². The van der Waals surface area contributed by atoms with Gasteiger partial charge < -0.3 is 20.3 Å². The molecule has 0 aliphatic heterocycles. The standard InChI is InChI=1S/C23H37N3O4S/c1-6-8-14-24-20(27)19(17-12-10-9-11-13-17)26(15-7-2)21(28)18(16-31)25-22(29)30-23(3,4)5/h9-13,18-19,31H,6-8,14-16H2,1-5H3,(H,24,27)(H,25,29). The van der Waals surface area contributed by atoms with Gasteiger partial charge in [0.25, 0.3) is 0 Å². The van der Waals surface area contributed by atoms with Crippen molar-refractivity contribution < 1.29 is 19.1 Å². The number of rotatable bonds is 11. The summed E-state index contributed by atoms with van der Waals surface area (Å²) < 4.78 is 5.28. The molecule has 1 aromatic carbocycles. The minimum Gasteiger partial charge on any atom is -0.444 e. The smallest absolute Gasteiger partial charge is 0.408 e. The minimum absolute atomic E-state index is 0.0806. The van der Waals surface area contributed by atoms with E-state index >= 15 is 0 Å². The number of unbranched alkanes of at least 4 members (excludes halogenated alkanes) is 1. The number of carbonyl (C=O) groups is 3. The molecule has 2 unspecified atom stereocenters. The van der Waals surface area contributed by atoms with E-state index in [1.54, 1.807) is 20.8 Å². The summed E-state index contributed by atoms with van der Waals surface area (Å²) in [6.45, 7) is 10.1. The van der Waals surface area contributed by atoms with E-state index in [0.717, 1.165) is 12.8 Å². The van der Waals surface area contributed by atoms with Crippen molar-refractivity contribution in [3.05, 3.63) is 35.9 Å². The van der Waals surface area contributed by atoms with E-state index in [-0.39, 0.29) is 17.6 Å². The predicted molar refractivity (Wildman–Crippen MR) is 126 cm³/mol. The third-order valence-electron chi connectivity index (χ3n) is 4.42. The van der Waals surface area contributed by atoms with Crippen molar-refractivity contribution in [1.82, 2.24) is 15.5 Å². The lowest BCUT2D eigenvalue weighted by atomic mass is 10.0. The van der Waals surface area contributed by atoms with Gasteiger partial charge in [-0.25, -0.2) is 4.79 Å². The molecule has 0 bridgehead atoms. The van der Waals surface area contributed by atoms with Crippen molar-refractivity contribution in [3.8, 4) is 0 Å². The zero-order chi connectivity index (χ0) is 23.4. The molecule has 2 atom stereocenters. The topological polar surface area (TPSA) is 87.7 Å². The van der Waals surface area contributed by atoms with Crippen molar-refractivity contribution in [1.29, 1.82) is 0 Å². The predicted octanol–water partition coefficient (Wildman–Crippen LogP) is 3.71. The number of carbonyl (C=O) groups excluding carboxylic acids is 3. The van der Waals surface area contributed by atoms with Crippen LogP contribution < -0.4 is 10.6 Å². The summed E-state index contributed by atoms with van der Waals surface area (Å²) in [6.07, 6.45) is 1.77. The summed E-state index contributed by atoms with van der Waals surface area (Å²) in [4.78, 5) is 40.3. The Bertz CT molecular complexity index is 707. The van der Waals surface area contributed by atoms with Crippen LogP contribution in [0.5, 0.6) is 0 Å². The van der Waals surface area contributed by atoms with Crippen LogP contribution in [0.25, 0.3) is 0 Å². The lowest BCUT2D eigenvalue weighted by molar-refractivity contribution is -0.142. The number of hydrogen-bond acceptors (Lipinski definition) is 5. The van der Waals surface area contributed by atoms with Crippen LogP contribution in [0.1, 0.15) is 65.5 Å². The highest BCUT2D eigenvalue weighted by molar-refractivity contribution is 7.80. The number of nitrogens with zero attached hydrogens (tertiary/aromatic N) is 1. The Morgan fingerprint density at radius 2 is 1.74 bits per heavy atom. The van der Waals surface area contributed by atoms with Crippen LogP contribution in [0.2, 0.25) is 0 Å². The molecule has 1 rings (SSSR count). The van der Waals surface area contributed by atoms with Gasteiger partial charge >= 0.3 is 6.09 Å². The molecule has 8 heteroatoms. The van der Waals surface area contributed by atoms with Crippen molar-refractivity contribution in [3.63, 3.8) is 0 Å². The molecular weight excluding hydrogens is 414 g/mol. The summed E-state index contributed by atoms with van der Waals surface area (Å²) in [6, 6.07) is 7.49. The van der Waals surface area contributed by atoms with Gasteiger partial charge in [-0.2, -0.15) is 12.6 Å². The minimum atomic E-state index is -0.917. The second kappa shape index (κ2) is 13.2. The summed E-state index contributed by atoms with van der Waals surface area (Å²) in [7, 11) is 0. The highest BCUT2D eigenvalue weighted by atomic mass is 32.1. The van der Waals surface area contributed by atoms with Gasteiger partial charge in [0, 0.05) is 18.8 Å². The summed E-state index contributed by atoms with van der Waals surface area (Å²) in [5.41, 5.74) is 0.0248. The third kappa shape index (κ3) is 9.21. The van der Waals surface area contributed by atoms with Crippen LogP contribution >= 0.6 is 12.6 Å². The molecule has 174 valence electrons. The van der Waals surface area contributed by atoms with Crippen molar-refractivity contribution in [2.45, 2.75) is 71.6 Å². The number of amides is 3. The Hall–Kier alpha value is -2.22. The average molecular weight is 452 g/mol. The van der Waals surface area contributed by atoms with E-state index in [1.165, 1.54) is 4.90 Å².